The summed E-state index contributed by atoms with van der Waals surface area (Å²) in [5, 5.41) is 11.6. The summed E-state index contributed by atoms with van der Waals surface area (Å²) in [6.07, 6.45) is 3.33. The van der Waals surface area contributed by atoms with Crippen LogP contribution < -0.4 is 11.3 Å². The summed E-state index contributed by atoms with van der Waals surface area (Å²) >= 11 is 3.37. The average molecular weight is 570 g/mol. The number of fused-ring (bicyclic) bond motifs is 1. The molecule has 5 rings (SSSR count). The van der Waals surface area contributed by atoms with Crippen molar-refractivity contribution < 1.29 is 28.0 Å². The third kappa shape index (κ3) is 4.57. The first-order valence-electron chi connectivity index (χ1n) is 11.0. The van der Waals surface area contributed by atoms with Gasteiger partial charge in [0.15, 0.2) is 11.9 Å². The number of phosphoric ester groups is 1. The molecule has 188 valence electrons. The second-order valence-electron chi connectivity index (χ2n) is 8.85. The summed E-state index contributed by atoms with van der Waals surface area (Å²) in [6, 6.07) is 3.41. The third-order valence-electron chi connectivity index (χ3n) is 6.52. The molecule has 0 radical (unpaired) electrons. The van der Waals surface area contributed by atoms with E-state index in [-0.39, 0.29) is 24.8 Å². The summed E-state index contributed by atoms with van der Waals surface area (Å²) in [5.74, 6) is -0.487. The van der Waals surface area contributed by atoms with Crippen LogP contribution in [0.2, 0.25) is 0 Å². The molecular formula is C21H25BrN5O7P. The predicted octanol–water partition coefficient (Wildman–Crippen LogP) is 3.05. The van der Waals surface area contributed by atoms with Gasteiger partial charge in [-0.2, -0.15) is 4.98 Å². The van der Waals surface area contributed by atoms with E-state index in [1.807, 2.05) is 6.07 Å². The molecule has 0 bridgehead atoms. The number of aromatic amines is 1. The van der Waals surface area contributed by atoms with Crippen LogP contribution in [0.1, 0.15) is 38.2 Å². The van der Waals surface area contributed by atoms with Gasteiger partial charge in [-0.05, 0) is 35.0 Å². The second kappa shape index (κ2) is 9.07. The number of nitrogen functional groups attached to an aromatic ring is 1. The molecule has 2 saturated heterocycles. The van der Waals surface area contributed by atoms with Gasteiger partial charge in [0.25, 0.3) is 5.56 Å². The monoisotopic (exact) mass is 569 g/mol. The van der Waals surface area contributed by atoms with Crippen molar-refractivity contribution in [2.75, 3.05) is 18.9 Å². The van der Waals surface area contributed by atoms with Crippen LogP contribution in [0, 0.1) is 5.92 Å². The summed E-state index contributed by atoms with van der Waals surface area (Å²) in [4.78, 5) is 23.0. The number of phosphoric acid groups is 1. The van der Waals surface area contributed by atoms with Gasteiger partial charge in [-0.25, -0.2) is 4.57 Å². The van der Waals surface area contributed by atoms with Crippen molar-refractivity contribution in [3.63, 3.8) is 0 Å². The van der Waals surface area contributed by atoms with Gasteiger partial charge in [0.1, 0.15) is 5.60 Å². The van der Waals surface area contributed by atoms with E-state index >= 15 is 0 Å². The minimum Gasteiger partial charge on any atom is -0.385 e. The summed E-state index contributed by atoms with van der Waals surface area (Å²) in [7, 11) is -3.89. The van der Waals surface area contributed by atoms with E-state index in [0.29, 0.717) is 11.8 Å². The van der Waals surface area contributed by atoms with Crippen molar-refractivity contribution in [2.45, 2.75) is 44.3 Å². The van der Waals surface area contributed by atoms with Crippen molar-refractivity contribution in [1.82, 2.24) is 19.5 Å². The molecule has 5 heterocycles. The highest BCUT2D eigenvalue weighted by molar-refractivity contribution is 9.10. The van der Waals surface area contributed by atoms with Crippen molar-refractivity contribution in [1.29, 1.82) is 0 Å². The molecular weight excluding hydrogens is 545 g/mol. The molecule has 14 heteroatoms. The number of halogens is 1. The van der Waals surface area contributed by atoms with Gasteiger partial charge in [0.2, 0.25) is 5.95 Å². The number of nitrogens with one attached hydrogen (secondary N) is 1. The lowest BCUT2D eigenvalue weighted by molar-refractivity contribution is -0.0884. The molecule has 2 aliphatic rings. The van der Waals surface area contributed by atoms with Crippen LogP contribution in [0.25, 0.3) is 11.0 Å². The number of pyridine rings is 1. The first-order valence-corrected chi connectivity index (χ1v) is 13.2. The maximum absolute atomic E-state index is 13.2. The van der Waals surface area contributed by atoms with E-state index in [9.17, 15) is 14.5 Å². The summed E-state index contributed by atoms with van der Waals surface area (Å²) in [5.41, 5.74) is 4.98. The molecule has 0 spiro atoms. The Morgan fingerprint density at radius 2 is 2.26 bits per heavy atom. The van der Waals surface area contributed by atoms with Crippen LogP contribution in [0.4, 0.5) is 5.95 Å². The van der Waals surface area contributed by atoms with Crippen molar-refractivity contribution in [3.05, 3.63) is 51.1 Å². The van der Waals surface area contributed by atoms with Crippen LogP contribution in [0.3, 0.4) is 0 Å². The fourth-order valence-corrected chi connectivity index (χ4v) is 6.15. The summed E-state index contributed by atoms with van der Waals surface area (Å²) in [6.45, 7) is 3.45. The highest BCUT2D eigenvalue weighted by Crippen LogP contribution is 2.57. The van der Waals surface area contributed by atoms with Gasteiger partial charge in [-0.3, -0.25) is 28.3 Å². The Labute approximate surface area is 208 Å². The van der Waals surface area contributed by atoms with Crippen LogP contribution >= 0.6 is 23.8 Å². The zero-order chi connectivity index (χ0) is 25.0. The van der Waals surface area contributed by atoms with Crippen molar-refractivity contribution in [3.8, 4) is 0 Å². The first-order chi connectivity index (χ1) is 16.6. The van der Waals surface area contributed by atoms with Gasteiger partial charge in [0.05, 0.1) is 30.8 Å². The van der Waals surface area contributed by atoms with Gasteiger partial charge in [0, 0.05) is 41.0 Å². The standard InChI is InChI=1S/C21H25BrN5O7P/c1-11-16(10-32-35(30)31-6-4-15(34-35)12-7-13(22)9-24-8-12)33-19(21(11,2)29)27-5-3-14-17(27)25-20(23)26-18(14)28/h3,5,7-9,11,15-16,19,29H,4,6,10H2,1-2H3,(H3,23,25,26,28)/t11-,15-,16-,19-,21-,35?/m1/s1. The van der Waals surface area contributed by atoms with Crippen LogP contribution in [-0.2, 0) is 22.9 Å². The molecule has 3 aromatic heterocycles. The Hall–Kier alpha value is -2.12. The minimum absolute atomic E-state index is 0.0482. The van der Waals surface area contributed by atoms with Crippen LogP contribution in [-0.4, -0.2) is 49.5 Å². The molecule has 0 amide bonds. The second-order valence-corrected chi connectivity index (χ2v) is 11.4. The number of nitrogens with zero attached hydrogens (tertiary/aromatic N) is 3. The fourth-order valence-electron chi connectivity index (χ4n) is 4.38. The van der Waals surface area contributed by atoms with Gasteiger partial charge >= 0.3 is 7.82 Å². The number of aromatic nitrogens is 4. The maximum atomic E-state index is 13.2. The molecule has 1 unspecified atom stereocenters. The van der Waals surface area contributed by atoms with Crippen molar-refractivity contribution >= 4 is 40.7 Å². The normalized spacial score (nSPS) is 33.4. The Kier molecular flexibility index (Phi) is 6.37. The van der Waals surface area contributed by atoms with Gasteiger partial charge in [-0.1, -0.05) is 6.92 Å². The Bertz CT molecular complexity index is 1360. The Morgan fingerprint density at radius 3 is 3.03 bits per heavy atom. The highest BCUT2D eigenvalue weighted by atomic mass is 79.9. The van der Waals surface area contributed by atoms with E-state index in [4.69, 9.17) is 24.0 Å². The van der Waals surface area contributed by atoms with Gasteiger partial charge in [-0.15, -0.1) is 0 Å². The molecule has 3 aromatic rings. The summed E-state index contributed by atoms with van der Waals surface area (Å²) < 4.78 is 38.4. The van der Waals surface area contributed by atoms with E-state index < -0.39 is 43.3 Å². The number of hydrogen-bond acceptors (Lipinski definition) is 10. The first kappa shape index (κ1) is 24.6. The Morgan fingerprint density at radius 1 is 1.46 bits per heavy atom. The third-order valence-corrected chi connectivity index (χ3v) is 8.43. The quantitative estimate of drug-likeness (QED) is 0.389. The maximum Gasteiger partial charge on any atom is 0.475 e. The number of rotatable bonds is 5. The number of H-pyrrole nitrogens is 1. The lowest BCUT2D eigenvalue weighted by Crippen LogP contribution is -2.38. The number of ether oxygens (including phenoxy) is 1. The fraction of sp³-hybridized carbons (Fsp3) is 0.476. The lowest BCUT2D eigenvalue weighted by atomic mass is 9.88. The van der Waals surface area contributed by atoms with E-state index in [2.05, 4.69) is 30.9 Å². The zero-order valence-corrected chi connectivity index (χ0v) is 21.4. The topological polar surface area (TPSA) is 164 Å². The molecule has 4 N–H and O–H groups in total. The molecule has 12 nitrogen and oxygen atoms in total. The number of anilines is 1. The number of aliphatic hydroxyl groups is 1. The lowest BCUT2D eigenvalue weighted by Gasteiger charge is -2.30. The molecule has 0 saturated carbocycles. The predicted molar refractivity (Wildman–Crippen MR) is 128 cm³/mol. The molecule has 6 atom stereocenters. The van der Waals surface area contributed by atoms with Crippen LogP contribution in [0.5, 0.6) is 0 Å². The smallest absolute Gasteiger partial charge is 0.385 e. The van der Waals surface area contributed by atoms with Crippen molar-refractivity contribution in [2.24, 2.45) is 5.92 Å². The number of nitrogens with two attached hydrogens (primary N) is 1. The van der Waals surface area contributed by atoms with Gasteiger partial charge < -0.3 is 20.1 Å². The minimum atomic E-state index is -3.89. The van der Waals surface area contributed by atoms with E-state index in [0.717, 1.165) is 10.0 Å². The molecule has 35 heavy (non-hydrogen) atoms. The largest absolute Gasteiger partial charge is 0.475 e. The van der Waals surface area contributed by atoms with Crippen LogP contribution in [0.15, 0.2) is 40.0 Å². The average Bonchev–Trinajstić information content (AvgIpc) is 3.31. The molecule has 0 aliphatic carbocycles. The zero-order valence-electron chi connectivity index (χ0n) is 19.0. The van der Waals surface area contributed by atoms with E-state index in [1.54, 1.807) is 43.1 Å². The SMILES string of the molecule is C[C@@H]1[C@@H](COP2(=O)OCC[C@H](c3cncc(Br)c3)O2)O[C@@H](n2ccc3c(=O)[nH]c(N)nc32)[C@]1(C)O. The molecule has 2 aliphatic heterocycles. The number of hydrogen-bond donors (Lipinski definition) is 3. The Balaban J connectivity index is 1.33. The molecule has 0 aromatic carbocycles. The van der Waals surface area contributed by atoms with E-state index in [1.165, 1.54) is 0 Å². The molecule has 2 fully saturated rings. The highest BCUT2D eigenvalue weighted by Gasteiger charge is 2.52.